The second kappa shape index (κ2) is 14.0. The first kappa shape index (κ1) is 24.9. The maximum atomic E-state index is 10.4. The standard InChI is InChI=1S/2C10H13NO2.Zn/c2*1-2-3-4-8-5-6-9(10(12)13)11-7-8;/h2*5-7H,2-4H2,1H3,(H,12,13);/q;;+2/p-2. The fourth-order valence-electron chi connectivity index (χ4n) is 2.15. The van der Waals surface area contributed by atoms with Crippen LogP contribution in [0, 0.1) is 0 Å². The summed E-state index contributed by atoms with van der Waals surface area (Å²) in [5.41, 5.74) is 2.15. The Kier molecular flexibility index (Phi) is 12.9. The van der Waals surface area contributed by atoms with Crippen molar-refractivity contribution in [3.8, 4) is 0 Å². The second-order valence-electron chi connectivity index (χ2n) is 5.89. The fraction of sp³-hybridized carbons (Fsp3) is 0.400. The average Bonchev–Trinajstić information content (AvgIpc) is 2.66. The van der Waals surface area contributed by atoms with Crippen LogP contribution in [0.5, 0.6) is 0 Å². The Bertz CT molecular complexity index is 627. The van der Waals surface area contributed by atoms with Gasteiger partial charge in [-0.2, -0.15) is 0 Å². The molecule has 6 nitrogen and oxygen atoms in total. The molecule has 140 valence electrons. The number of carbonyl (C=O) groups is 2. The van der Waals surface area contributed by atoms with E-state index < -0.39 is 11.9 Å². The van der Waals surface area contributed by atoms with Crippen molar-refractivity contribution < 1.29 is 39.3 Å². The van der Waals surface area contributed by atoms with Crippen LogP contribution in [0.3, 0.4) is 0 Å². The predicted octanol–water partition coefficient (Wildman–Crippen LogP) is 1.57. The number of carboxylic acid groups (broad SMARTS) is 2. The van der Waals surface area contributed by atoms with Gasteiger partial charge in [-0.25, -0.2) is 0 Å². The van der Waals surface area contributed by atoms with Crippen LogP contribution in [0.15, 0.2) is 36.7 Å². The third-order valence-electron chi connectivity index (χ3n) is 3.71. The topological polar surface area (TPSA) is 106 Å². The molecule has 0 saturated heterocycles. The van der Waals surface area contributed by atoms with E-state index in [-0.39, 0.29) is 30.9 Å². The number of rotatable bonds is 8. The van der Waals surface area contributed by atoms with Gasteiger partial charge >= 0.3 is 19.5 Å². The second-order valence-corrected chi connectivity index (χ2v) is 5.89. The van der Waals surface area contributed by atoms with Crippen molar-refractivity contribution in [3.63, 3.8) is 0 Å². The summed E-state index contributed by atoms with van der Waals surface area (Å²) < 4.78 is 0. The molecule has 0 saturated carbocycles. The van der Waals surface area contributed by atoms with Crippen molar-refractivity contribution >= 4 is 11.9 Å². The van der Waals surface area contributed by atoms with Gasteiger partial charge in [0.1, 0.15) is 0 Å². The first-order chi connectivity index (χ1) is 12.5. The van der Waals surface area contributed by atoms with E-state index in [0.29, 0.717) is 0 Å². The Balaban J connectivity index is 0.000000483. The number of hydrogen-bond donors (Lipinski definition) is 0. The molecule has 0 aromatic carbocycles. The summed E-state index contributed by atoms with van der Waals surface area (Å²) in [6.07, 6.45) is 9.57. The van der Waals surface area contributed by atoms with Crippen molar-refractivity contribution in [2.45, 2.75) is 52.4 Å². The quantitative estimate of drug-likeness (QED) is 0.599. The van der Waals surface area contributed by atoms with Gasteiger partial charge in [-0.1, -0.05) is 38.8 Å². The number of carbonyl (C=O) groups excluding carboxylic acids is 2. The van der Waals surface area contributed by atoms with Gasteiger partial charge in [-0.15, -0.1) is 0 Å². The Morgan fingerprint density at radius 1 is 0.778 bits per heavy atom. The minimum Gasteiger partial charge on any atom is -0.543 e. The van der Waals surface area contributed by atoms with Gasteiger partial charge in [0.2, 0.25) is 0 Å². The number of pyridine rings is 2. The van der Waals surface area contributed by atoms with Crippen LogP contribution in [0.25, 0.3) is 0 Å². The number of nitrogens with zero attached hydrogens (tertiary/aromatic N) is 2. The van der Waals surface area contributed by atoms with E-state index in [9.17, 15) is 19.8 Å². The molecule has 0 fully saturated rings. The van der Waals surface area contributed by atoms with E-state index in [4.69, 9.17) is 0 Å². The Labute approximate surface area is 172 Å². The van der Waals surface area contributed by atoms with Gasteiger partial charge in [0.05, 0.1) is 23.3 Å². The molecule has 2 aromatic rings. The molecule has 0 amide bonds. The smallest absolute Gasteiger partial charge is 0.543 e. The number of unbranched alkanes of at least 4 members (excludes halogenated alkanes) is 2. The van der Waals surface area contributed by atoms with E-state index in [2.05, 4.69) is 23.8 Å². The number of aryl methyl sites for hydroxylation is 2. The summed E-state index contributed by atoms with van der Waals surface area (Å²) in [6.45, 7) is 4.23. The molecule has 2 heterocycles. The number of hydrogen-bond acceptors (Lipinski definition) is 6. The Morgan fingerprint density at radius 3 is 1.37 bits per heavy atom. The average molecular weight is 422 g/mol. The monoisotopic (exact) mass is 420 g/mol. The molecular weight excluding hydrogens is 398 g/mol. The molecule has 0 unspecified atom stereocenters. The van der Waals surface area contributed by atoms with Gasteiger partial charge in [0.15, 0.2) is 0 Å². The molecule has 0 radical (unpaired) electrons. The van der Waals surface area contributed by atoms with Gasteiger partial charge in [-0.05, 0) is 48.9 Å². The van der Waals surface area contributed by atoms with Crippen LogP contribution in [0.2, 0.25) is 0 Å². The third kappa shape index (κ3) is 9.95. The van der Waals surface area contributed by atoms with E-state index in [0.717, 1.165) is 49.7 Å². The van der Waals surface area contributed by atoms with E-state index in [1.807, 2.05) is 0 Å². The summed E-state index contributed by atoms with van der Waals surface area (Å²) in [6, 6.07) is 6.54. The molecule has 2 rings (SSSR count). The zero-order valence-corrected chi connectivity index (χ0v) is 18.9. The van der Waals surface area contributed by atoms with Crippen molar-refractivity contribution in [2.24, 2.45) is 0 Å². The van der Waals surface area contributed by atoms with Crippen LogP contribution >= 0.6 is 0 Å². The van der Waals surface area contributed by atoms with Crippen molar-refractivity contribution in [3.05, 3.63) is 59.2 Å². The molecule has 27 heavy (non-hydrogen) atoms. The van der Waals surface area contributed by atoms with Gasteiger partial charge in [-0.3, -0.25) is 9.97 Å². The van der Waals surface area contributed by atoms with E-state index in [1.165, 1.54) is 12.1 Å². The summed E-state index contributed by atoms with van der Waals surface area (Å²) in [4.78, 5) is 28.2. The van der Waals surface area contributed by atoms with Gasteiger partial charge in [0, 0.05) is 12.4 Å². The van der Waals surface area contributed by atoms with Crippen LogP contribution in [-0.4, -0.2) is 21.9 Å². The molecule has 0 aliphatic rings. The maximum absolute atomic E-state index is 10.4. The minimum atomic E-state index is -1.22. The van der Waals surface area contributed by atoms with E-state index in [1.54, 1.807) is 24.5 Å². The van der Waals surface area contributed by atoms with Crippen molar-refractivity contribution in [2.75, 3.05) is 0 Å². The molecule has 0 spiro atoms. The van der Waals surface area contributed by atoms with Crippen molar-refractivity contribution in [1.29, 1.82) is 0 Å². The SMILES string of the molecule is CCCCc1ccc(C(=O)[O-])nc1.CCCCc1ccc(C(=O)[O-])nc1.[Zn+2]. The molecular formula is C20H24N2O4Zn. The Morgan fingerprint density at radius 2 is 1.15 bits per heavy atom. The van der Waals surface area contributed by atoms with Crippen LogP contribution < -0.4 is 10.2 Å². The Hall–Kier alpha value is -2.14. The normalized spacial score (nSPS) is 9.56. The van der Waals surface area contributed by atoms with Crippen LogP contribution in [0.1, 0.15) is 71.6 Å². The molecule has 0 bridgehead atoms. The predicted molar refractivity (Wildman–Crippen MR) is 94.4 cm³/mol. The first-order valence-electron chi connectivity index (χ1n) is 8.80. The van der Waals surface area contributed by atoms with Crippen LogP contribution in [0.4, 0.5) is 0 Å². The molecule has 0 atom stereocenters. The minimum absolute atomic E-state index is 0. The molecule has 2 aromatic heterocycles. The summed E-state index contributed by atoms with van der Waals surface area (Å²) in [5, 5.41) is 20.7. The molecule has 0 aliphatic carbocycles. The number of aromatic nitrogens is 2. The summed E-state index contributed by atoms with van der Waals surface area (Å²) >= 11 is 0. The number of carboxylic acids is 2. The zero-order valence-electron chi connectivity index (χ0n) is 15.9. The van der Waals surface area contributed by atoms with Gasteiger partial charge in [0.25, 0.3) is 0 Å². The van der Waals surface area contributed by atoms with Gasteiger partial charge < -0.3 is 19.8 Å². The van der Waals surface area contributed by atoms with E-state index >= 15 is 0 Å². The van der Waals surface area contributed by atoms with Crippen molar-refractivity contribution in [1.82, 2.24) is 9.97 Å². The maximum Gasteiger partial charge on any atom is 2.00 e. The van der Waals surface area contributed by atoms with Crippen LogP contribution in [-0.2, 0) is 32.3 Å². The molecule has 0 aliphatic heterocycles. The molecule has 7 heteroatoms. The zero-order chi connectivity index (χ0) is 19.4. The molecule has 0 N–H and O–H groups in total. The number of aromatic carboxylic acids is 2. The summed E-state index contributed by atoms with van der Waals surface area (Å²) in [7, 11) is 0. The first-order valence-corrected chi connectivity index (χ1v) is 8.80. The largest absolute Gasteiger partial charge is 2.00 e. The summed E-state index contributed by atoms with van der Waals surface area (Å²) in [5.74, 6) is -2.44. The fourth-order valence-corrected chi connectivity index (χ4v) is 2.15. The third-order valence-corrected chi connectivity index (χ3v) is 3.71.